The number of rotatable bonds is 4. The van der Waals surface area contributed by atoms with Gasteiger partial charge in [-0.05, 0) is 24.3 Å². The Kier molecular flexibility index (Phi) is 4.16. The van der Waals surface area contributed by atoms with E-state index in [0.717, 1.165) is 17.7 Å². The van der Waals surface area contributed by atoms with Gasteiger partial charge in [0.05, 0.1) is 6.07 Å². The number of carbonyl (C=O) groups excluding carboxylic acids is 1. The van der Waals surface area contributed by atoms with Crippen molar-refractivity contribution in [2.75, 3.05) is 0 Å². The van der Waals surface area contributed by atoms with Crippen LogP contribution in [0.1, 0.15) is 30.6 Å². The van der Waals surface area contributed by atoms with Crippen LogP contribution in [-0.4, -0.2) is 11.9 Å². The van der Waals surface area contributed by atoms with E-state index in [1.807, 2.05) is 17.5 Å². The summed E-state index contributed by atoms with van der Waals surface area (Å²) in [6.07, 6.45) is 5.03. The minimum Gasteiger partial charge on any atom is -0.352 e. The molecule has 1 atom stereocenters. The molecule has 1 heterocycles. The van der Waals surface area contributed by atoms with Crippen molar-refractivity contribution < 1.29 is 4.79 Å². The molecule has 1 aliphatic rings. The SMILES string of the molecule is N#CC(Cc1cccs1)C(=O)NC1CCCC1. The van der Waals surface area contributed by atoms with Gasteiger partial charge in [0.25, 0.3) is 0 Å². The van der Waals surface area contributed by atoms with Crippen LogP contribution in [0.3, 0.4) is 0 Å². The predicted octanol–water partition coefficient (Wildman–Crippen LogP) is 2.49. The van der Waals surface area contributed by atoms with Crippen molar-refractivity contribution in [3.05, 3.63) is 22.4 Å². The molecular weight excluding hydrogens is 232 g/mol. The number of nitriles is 1. The van der Waals surface area contributed by atoms with E-state index < -0.39 is 5.92 Å². The molecule has 1 aliphatic carbocycles. The highest BCUT2D eigenvalue weighted by molar-refractivity contribution is 7.09. The van der Waals surface area contributed by atoms with Gasteiger partial charge in [-0.3, -0.25) is 4.79 Å². The quantitative estimate of drug-likeness (QED) is 0.890. The summed E-state index contributed by atoms with van der Waals surface area (Å²) >= 11 is 1.60. The lowest BCUT2D eigenvalue weighted by Gasteiger charge is -2.14. The molecule has 0 aromatic carbocycles. The summed E-state index contributed by atoms with van der Waals surface area (Å²) in [5.41, 5.74) is 0. The maximum absolute atomic E-state index is 11.9. The zero-order valence-corrected chi connectivity index (χ0v) is 10.5. The lowest BCUT2D eigenvalue weighted by Crippen LogP contribution is -2.37. The average Bonchev–Trinajstić information content (AvgIpc) is 2.97. The van der Waals surface area contributed by atoms with Crippen molar-refractivity contribution in [1.82, 2.24) is 5.32 Å². The molecule has 0 spiro atoms. The van der Waals surface area contributed by atoms with Crippen LogP contribution >= 0.6 is 11.3 Å². The van der Waals surface area contributed by atoms with Gasteiger partial charge in [0, 0.05) is 17.3 Å². The van der Waals surface area contributed by atoms with E-state index in [9.17, 15) is 4.79 Å². The summed E-state index contributed by atoms with van der Waals surface area (Å²) < 4.78 is 0. The molecule has 3 nitrogen and oxygen atoms in total. The Morgan fingerprint density at radius 3 is 2.94 bits per heavy atom. The lowest BCUT2D eigenvalue weighted by atomic mass is 10.0. The highest BCUT2D eigenvalue weighted by Gasteiger charge is 2.23. The van der Waals surface area contributed by atoms with E-state index >= 15 is 0 Å². The van der Waals surface area contributed by atoms with E-state index in [1.54, 1.807) is 11.3 Å². The molecule has 17 heavy (non-hydrogen) atoms. The molecule has 0 aliphatic heterocycles. The topological polar surface area (TPSA) is 52.9 Å². The van der Waals surface area contributed by atoms with Gasteiger partial charge in [-0.1, -0.05) is 18.9 Å². The molecule has 90 valence electrons. The summed E-state index contributed by atoms with van der Waals surface area (Å²) in [4.78, 5) is 13.0. The first kappa shape index (κ1) is 12.1. The van der Waals surface area contributed by atoms with Crippen LogP contribution in [-0.2, 0) is 11.2 Å². The van der Waals surface area contributed by atoms with Crippen molar-refractivity contribution in [3.63, 3.8) is 0 Å². The predicted molar refractivity (Wildman–Crippen MR) is 67.5 cm³/mol. The Morgan fingerprint density at radius 2 is 2.35 bits per heavy atom. The first-order chi connectivity index (χ1) is 8.29. The number of thiophene rings is 1. The average molecular weight is 248 g/mol. The van der Waals surface area contributed by atoms with Gasteiger partial charge in [0.15, 0.2) is 0 Å². The molecular formula is C13H16N2OS. The summed E-state index contributed by atoms with van der Waals surface area (Å²) in [5, 5.41) is 14.0. The van der Waals surface area contributed by atoms with E-state index in [4.69, 9.17) is 5.26 Å². The fourth-order valence-electron chi connectivity index (χ4n) is 2.20. The van der Waals surface area contributed by atoms with Crippen LogP contribution in [0.2, 0.25) is 0 Å². The lowest BCUT2D eigenvalue weighted by molar-refractivity contribution is -0.124. The zero-order chi connectivity index (χ0) is 12.1. The molecule has 2 rings (SSSR count). The number of hydrogen-bond acceptors (Lipinski definition) is 3. The second-order valence-electron chi connectivity index (χ2n) is 4.46. The summed E-state index contributed by atoms with van der Waals surface area (Å²) in [6, 6.07) is 6.32. The fourth-order valence-corrected chi connectivity index (χ4v) is 2.95. The Balaban J connectivity index is 1.89. The van der Waals surface area contributed by atoms with E-state index in [-0.39, 0.29) is 5.91 Å². The molecule has 1 fully saturated rings. The minimum absolute atomic E-state index is 0.104. The van der Waals surface area contributed by atoms with Crippen LogP contribution in [0.4, 0.5) is 0 Å². The maximum Gasteiger partial charge on any atom is 0.237 e. The molecule has 4 heteroatoms. The van der Waals surface area contributed by atoms with Crippen LogP contribution in [0, 0.1) is 17.2 Å². The molecule has 0 saturated heterocycles. The second-order valence-corrected chi connectivity index (χ2v) is 5.49. The summed E-state index contributed by atoms with van der Waals surface area (Å²) in [7, 11) is 0. The van der Waals surface area contributed by atoms with Gasteiger partial charge in [-0.2, -0.15) is 5.26 Å². The number of carbonyl (C=O) groups is 1. The molecule has 1 unspecified atom stereocenters. The number of hydrogen-bond donors (Lipinski definition) is 1. The highest BCUT2D eigenvalue weighted by Crippen LogP contribution is 2.19. The third-order valence-electron chi connectivity index (χ3n) is 3.16. The first-order valence-electron chi connectivity index (χ1n) is 6.02. The standard InChI is InChI=1S/C13H16N2OS/c14-9-10(8-12-6-3-7-17-12)13(16)15-11-4-1-2-5-11/h3,6-7,10-11H,1-2,4-5,8H2,(H,15,16). The largest absolute Gasteiger partial charge is 0.352 e. The van der Waals surface area contributed by atoms with Crippen molar-refractivity contribution in [2.24, 2.45) is 5.92 Å². The van der Waals surface area contributed by atoms with Crippen molar-refractivity contribution in [3.8, 4) is 6.07 Å². The first-order valence-corrected chi connectivity index (χ1v) is 6.90. The van der Waals surface area contributed by atoms with Crippen LogP contribution < -0.4 is 5.32 Å². The van der Waals surface area contributed by atoms with Gasteiger partial charge in [-0.15, -0.1) is 11.3 Å². The number of nitrogens with zero attached hydrogens (tertiary/aromatic N) is 1. The van der Waals surface area contributed by atoms with E-state index in [2.05, 4.69) is 11.4 Å². The Bertz CT molecular complexity index is 402. The third-order valence-corrected chi connectivity index (χ3v) is 4.06. The minimum atomic E-state index is -0.547. The Morgan fingerprint density at radius 1 is 1.59 bits per heavy atom. The van der Waals surface area contributed by atoms with E-state index in [0.29, 0.717) is 12.5 Å². The molecule has 1 saturated carbocycles. The monoisotopic (exact) mass is 248 g/mol. The maximum atomic E-state index is 11.9. The number of amides is 1. The summed E-state index contributed by atoms with van der Waals surface area (Å²) in [5.74, 6) is -0.651. The zero-order valence-electron chi connectivity index (χ0n) is 9.69. The second kappa shape index (κ2) is 5.83. The van der Waals surface area contributed by atoms with Crippen molar-refractivity contribution in [1.29, 1.82) is 5.26 Å². The van der Waals surface area contributed by atoms with Crippen LogP contribution in [0.15, 0.2) is 17.5 Å². The molecule has 1 aromatic rings. The summed E-state index contributed by atoms with van der Waals surface area (Å²) in [6.45, 7) is 0. The normalized spacial score (nSPS) is 17.6. The van der Waals surface area contributed by atoms with Gasteiger partial charge >= 0.3 is 0 Å². The van der Waals surface area contributed by atoms with Crippen molar-refractivity contribution in [2.45, 2.75) is 38.1 Å². The van der Waals surface area contributed by atoms with Gasteiger partial charge < -0.3 is 5.32 Å². The van der Waals surface area contributed by atoms with Gasteiger partial charge in [0.1, 0.15) is 5.92 Å². The number of nitrogens with one attached hydrogen (secondary N) is 1. The van der Waals surface area contributed by atoms with Crippen molar-refractivity contribution >= 4 is 17.2 Å². The molecule has 0 radical (unpaired) electrons. The van der Waals surface area contributed by atoms with Crippen LogP contribution in [0.25, 0.3) is 0 Å². The molecule has 1 amide bonds. The Labute approximate surface area is 105 Å². The molecule has 1 N–H and O–H groups in total. The molecule has 0 bridgehead atoms. The fraction of sp³-hybridized carbons (Fsp3) is 0.538. The van der Waals surface area contributed by atoms with Crippen LogP contribution in [0.5, 0.6) is 0 Å². The van der Waals surface area contributed by atoms with E-state index in [1.165, 1.54) is 12.8 Å². The third kappa shape index (κ3) is 3.31. The molecule has 1 aromatic heterocycles. The highest BCUT2D eigenvalue weighted by atomic mass is 32.1. The van der Waals surface area contributed by atoms with Gasteiger partial charge in [-0.25, -0.2) is 0 Å². The van der Waals surface area contributed by atoms with Gasteiger partial charge in [0.2, 0.25) is 5.91 Å². The smallest absolute Gasteiger partial charge is 0.237 e. The Hall–Kier alpha value is -1.34.